The molecule has 0 bridgehead atoms. The molecule has 9 heteroatoms. The second kappa shape index (κ2) is 8.81. The number of anilines is 1. The quantitative estimate of drug-likeness (QED) is 0.381. The number of hydrazine groups is 1. The third-order valence-electron chi connectivity index (χ3n) is 3.37. The molecule has 0 heterocycles. The van der Waals surface area contributed by atoms with E-state index in [4.69, 9.17) is 16.3 Å². The molecule has 2 aromatic rings. The van der Waals surface area contributed by atoms with Gasteiger partial charge in [0.15, 0.2) is 0 Å². The number of allylic oxidation sites excluding steroid dienone is 1. The van der Waals surface area contributed by atoms with E-state index in [9.17, 15) is 19.8 Å². The Morgan fingerprint density at radius 3 is 2.48 bits per heavy atom. The fourth-order valence-electron chi connectivity index (χ4n) is 2.09. The zero-order valence-electron chi connectivity index (χ0n) is 14.5. The van der Waals surface area contributed by atoms with E-state index < -0.39 is 11.8 Å². The van der Waals surface area contributed by atoms with Crippen LogP contribution in [0.2, 0.25) is 5.02 Å². The molecule has 0 saturated carbocycles. The van der Waals surface area contributed by atoms with E-state index in [1.165, 1.54) is 25.3 Å². The molecule has 2 aromatic carbocycles. The lowest BCUT2D eigenvalue weighted by molar-refractivity contribution is -0.112. The van der Waals surface area contributed by atoms with Crippen LogP contribution in [0, 0.1) is 0 Å². The summed E-state index contributed by atoms with van der Waals surface area (Å²) in [6.45, 7) is 1.57. The van der Waals surface area contributed by atoms with Gasteiger partial charge in [0, 0.05) is 23.5 Å². The summed E-state index contributed by atoms with van der Waals surface area (Å²) in [5, 5.41) is 21.9. The van der Waals surface area contributed by atoms with Crippen molar-refractivity contribution in [1.29, 1.82) is 0 Å². The second-order valence-electron chi connectivity index (χ2n) is 5.45. The molecule has 0 aliphatic heterocycles. The largest absolute Gasteiger partial charge is 0.508 e. The maximum absolute atomic E-state index is 12.0. The summed E-state index contributed by atoms with van der Waals surface area (Å²) in [6, 6.07) is 8.38. The van der Waals surface area contributed by atoms with E-state index in [2.05, 4.69) is 16.2 Å². The van der Waals surface area contributed by atoms with Crippen LogP contribution in [-0.4, -0.2) is 29.1 Å². The summed E-state index contributed by atoms with van der Waals surface area (Å²) in [5.41, 5.74) is 5.67. The summed E-state index contributed by atoms with van der Waals surface area (Å²) in [5.74, 6) is -1.12. The standard InChI is InChI=1S/C18H18ClN3O5/c1-10(21-22-18(26)13-5-4-12(23)9-15(13)24)7-17(25)20-11-3-6-16(27-2)14(19)8-11/h3-9,21,23-24H,1-2H3,(H,20,25)(H,22,26)/b10-7-. The van der Waals surface area contributed by atoms with E-state index in [1.54, 1.807) is 25.1 Å². The number of hydrogen-bond acceptors (Lipinski definition) is 6. The lowest BCUT2D eigenvalue weighted by Gasteiger charge is -2.10. The Hall–Kier alpha value is -3.39. The van der Waals surface area contributed by atoms with Crippen molar-refractivity contribution in [2.75, 3.05) is 12.4 Å². The molecule has 0 unspecified atom stereocenters. The van der Waals surface area contributed by atoms with Crippen LogP contribution < -0.4 is 20.9 Å². The van der Waals surface area contributed by atoms with Crippen molar-refractivity contribution in [3.05, 3.63) is 58.8 Å². The molecule has 2 amide bonds. The number of carbonyl (C=O) groups excluding carboxylic acids is 2. The smallest absolute Gasteiger partial charge is 0.273 e. The molecule has 0 saturated heterocycles. The molecule has 2 rings (SSSR count). The number of nitrogens with one attached hydrogen (secondary N) is 3. The van der Waals surface area contributed by atoms with Crippen molar-refractivity contribution in [3.63, 3.8) is 0 Å². The van der Waals surface area contributed by atoms with Crippen LogP contribution in [0.1, 0.15) is 17.3 Å². The van der Waals surface area contributed by atoms with Crippen LogP contribution in [0.15, 0.2) is 48.2 Å². The topological polar surface area (TPSA) is 120 Å². The highest BCUT2D eigenvalue weighted by molar-refractivity contribution is 6.32. The number of rotatable bonds is 6. The van der Waals surface area contributed by atoms with Gasteiger partial charge in [-0.15, -0.1) is 0 Å². The average Bonchev–Trinajstić information content (AvgIpc) is 2.59. The van der Waals surface area contributed by atoms with Gasteiger partial charge in [-0.1, -0.05) is 11.6 Å². The highest BCUT2D eigenvalue weighted by Crippen LogP contribution is 2.27. The Kier molecular flexibility index (Phi) is 6.51. The minimum absolute atomic E-state index is 0.0366. The van der Waals surface area contributed by atoms with Crippen molar-refractivity contribution < 1.29 is 24.5 Å². The number of halogens is 1. The van der Waals surface area contributed by atoms with Crippen molar-refractivity contribution in [3.8, 4) is 17.2 Å². The molecule has 0 aliphatic carbocycles. The van der Waals surface area contributed by atoms with Crippen LogP contribution in [0.25, 0.3) is 0 Å². The van der Waals surface area contributed by atoms with E-state index in [0.29, 0.717) is 22.2 Å². The highest BCUT2D eigenvalue weighted by atomic mass is 35.5. The van der Waals surface area contributed by atoms with Crippen molar-refractivity contribution in [2.45, 2.75) is 6.92 Å². The Bertz CT molecular complexity index is 899. The van der Waals surface area contributed by atoms with Gasteiger partial charge in [-0.3, -0.25) is 15.0 Å². The van der Waals surface area contributed by atoms with E-state index in [1.807, 2.05) is 0 Å². The van der Waals surface area contributed by atoms with Gasteiger partial charge in [-0.2, -0.15) is 0 Å². The minimum Gasteiger partial charge on any atom is -0.508 e. The fraction of sp³-hybridized carbons (Fsp3) is 0.111. The number of aromatic hydroxyl groups is 2. The van der Waals surface area contributed by atoms with E-state index in [0.717, 1.165) is 6.07 Å². The Balaban J connectivity index is 1.93. The van der Waals surface area contributed by atoms with Crippen molar-refractivity contribution >= 4 is 29.1 Å². The van der Waals surface area contributed by atoms with Gasteiger partial charge in [-0.25, -0.2) is 0 Å². The maximum atomic E-state index is 12.0. The molecule has 0 fully saturated rings. The summed E-state index contributed by atoms with van der Waals surface area (Å²) < 4.78 is 5.04. The molecule has 0 aliphatic rings. The third kappa shape index (κ3) is 5.55. The number of benzene rings is 2. The van der Waals surface area contributed by atoms with Crippen LogP contribution in [0.5, 0.6) is 17.2 Å². The van der Waals surface area contributed by atoms with Gasteiger partial charge in [0.2, 0.25) is 5.91 Å². The first-order valence-corrected chi connectivity index (χ1v) is 8.09. The van der Waals surface area contributed by atoms with Crippen LogP contribution in [0.3, 0.4) is 0 Å². The molecule has 0 aromatic heterocycles. The minimum atomic E-state index is -0.636. The second-order valence-corrected chi connectivity index (χ2v) is 5.85. The molecule has 0 spiro atoms. The Morgan fingerprint density at radius 1 is 1.11 bits per heavy atom. The van der Waals surface area contributed by atoms with Gasteiger partial charge < -0.3 is 25.7 Å². The molecule has 0 radical (unpaired) electrons. The molecule has 5 N–H and O–H groups in total. The lowest BCUT2D eigenvalue weighted by Crippen LogP contribution is -2.36. The van der Waals surface area contributed by atoms with Crippen LogP contribution in [-0.2, 0) is 4.79 Å². The number of phenolic OH excluding ortho intramolecular Hbond substituents is 2. The van der Waals surface area contributed by atoms with Crippen LogP contribution in [0.4, 0.5) is 5.69 Å². The Morgan fingerprint density at radius 2 is 1.85 bits per heavy atom. The summed E-state index contributed by atoms with van der Waals surface area (Å²) >= 11 is 6.00. The predicted octanol–water partition coefficient (Wildman–Crippen LogP) is 2.54. The third-order valence-corrected chi connectivity index (χ3v) is 3.66. The zero-order valence-corrected chi connectivity index (χ0v) is 15.3. The van der Waals surface area contributed by atoms with E-state index in [-0.39, 0.29) is 17.1 Å². The van der Waals surface area contributed by atoms with Crippen molar-refractivity contribution in [1.82, 2.24) is 10.9 Å². The zero-order chi connectivity index (χ0) is 20.0. The molecular formula is C18H18ClN3O5. The summed E-state index contributed by atoms with van der Waals surface area (Å²) in [7, 11) is 1.49. The summed E-state index contributed by atoms with van der Waals surface area (Å²) in [4.78, 5) is 24.0. The number of phenols is 2. The van der Waals surface area contributed by atoms with Crippen LogP contribution >= 0.6 is 11.6 Å². The fourth-order valence-corrected chi connectivity index (χ4v) is 2.35. The van der Waals surface area contributed by atoms with Gasteiger partial charge >= 0.3 is 0 Å². The number of methoxy groups -OCH3 is 1. The van der Waals surface area contributed by atoms with Crippen molar-refractivity contribution in [2.24, 2.45) is 0 Å². The molecule has 0 atom stereocenters. The number of carbonyl (C=O) groups is 2. The first kappa shape index (κ1) is 19.9. The SMILES string of the molecule is COc1ccc(NC(=O)/C=C(/C)NNC(=O)c2ccc(O)cc2O)cc1Cl. The highest BCUT2D eigenvalue weighted by Gasteiger charge is 2.11. The first-order chi connectivity index (χ1) is 12.8. The maximum Gasteiger partial charge on any atom is 0.273 e. The number of ether oxygens (including phenoxy) is 1. The molecule has 8 nitrogen and oxygen atoms in total. The normalized spacial score (nSPS) is 10.9. The summed E-state index contributed by atoms with van der Waals surface area (Å²) in [6.07, 6.45) is 1.23. The number of hydrogen-bond donors (Lipinski definition) is 5. The van der Waals surface area contributed by atoms with E-state index >= 15 is 0 Å². The molecule has 27 heavy (non-hydrogen) atoms. The number of amides is 2. The van der Waals surface area contributed by atoms with Gasteiger partial charge in [0.1, 0.15) is 17.2 Å². The van der Waals surface area contributed by atoms with Gasteiger partial charge in [0.25, 0.3) is 5.91 Å². The van der Waals surface area contributed by atoms with Gasteiger partial charge in [0.05, 0.1) is 17.7 Å². The predicted molar refractivity (Wildman–Crippen MR) is 101 cm³/mol. The first-order valence-electron chi connectivity index (χ1n) is 7.71. The Labute approximate surface area is 160 Å². The average molecular weight is 392 g/mol. The van der Waals surface area contributed by atoms with Gasteiger partial charge in [-0.05, 0) is 37.3 Å². The monoisotopic (exact) mass is 391 g/mol. The lowest BCUT2D eigenvalue weighted by atomic mass is 10.2. The molecular weight excluding hydrogens is 374 g/mol. The molecule has 142 valence electrons.